The predicted molar refractivity (Wildman–Crippen MR) is 59.2 cm³/mol. The van der Waals surface area contributed by atoms with Crippen LogP contribution in [0.2, 0.25) is 0 Å². The fourth-order valence-corrected chi connectivity index (χ4v) is 1.88. The molecule has 2 rings (SSSR count). The molecule has 2 nitrogen and oxygen atoms in total. The van der Waals surface area contributed by atoms with Gasteiger partial charge in [-0.15, -0.1) is 11.6 Å². The highest BCUT2D eigenvalue weighted by molar-refractivity contribution is 9.10. The molecule has 0 atom stereocenters. The first kappa shape index (κ1) is 9.74. The highest BCUT2D eigenvalue weighted by atomic mass is 79.9. The van der Waals surface area contributed by atoms with Gasteiger partial charge in [0.1, 0.15) is 5.69 Å². The molecule has 0 aliphatic heterocycles. The lowest BCUT2D eigenvalue weighted by molar-refractivity contribution is 0.571. The summed E-state index contributed by atoms with van der Waals surface area (Å²) in [5.41, 5.74) is 1.74. The second-order valence-corrected chi connectivity index (χ2v) is 3.86. The minimum absolute atomic E-state index is 0.354. The molecule has 0 spiro atoms. The Hall–Kier alpha value is -0.800. The van der Waals surface area contributed by atoms with Crippen LogP contribution in [0, 0.1) is 0 Å². The van der Waals surface area contributed by atoms with Crippen molar-refractivity contribution >= 4 is 27.5 Å². The van der Waals surface area contributed by atoms with Gasteiger partial charge in [0.15, 0.2) is 12.2 Å². The van der Waals surface area contributed by atoms with Crippen molar-refractivity contribution in [3.63, 3.8) is 0 Å². The zero-order valence-electron chi connectivity index (χ0n) is 7.21. The lowest BCUT2D eigenvalue weighted by atomic mass is 10.1. The van der Waals surface area contributed by atoms with Crippen LogP contribution in [-0.4, -0.2) is 4.98 Å². The Morgan fingerprint density at radius 3 is 2.86 bits per heavy atom. The summed E-state index contributed by atoms with van der Waals surface area (Å²) >= 11 is 9.19. The summed E-state index contributed by atoms with van der Waals surface area (Å²) in [6.07, 6.45) is 1.41. The Kier molecular flexibility index (Phi) is 2.89. The normalized spacial score (nSPS) is 10.4. The van der Waals surface area contributed by atoms with E-state index in [1.54, 1.807) is 0 Å². The monoisotopic (exact) mass is 271 g/mol. The van der Waals surface area contributed by atoms with E-state index in [0.717, 1.165) is 21.5 Å². The van der Waals surface area contributed by atoms with E-state index in [2.05, 4.69) is 20.9 Å². The first-order valence-corrected chi connectivity index (χ1v) is 5.39. The van der Waals surface area contributed by atoms with E-state index in [4.69, 9.17) is 16.0 Å². The maximum absolute atomic E-state index is 5.74. The van der Waals surface area contributed by atoms with Crippen molar-refractivity contribution in [2.24, 2.45) is 0 Å². The van der Waals surface area contributed by atoms with E-state index in [0.29, 0.717) is 5.88 Å². The molecule has 0 saturated heterocycles. The number of rotatable bonds is 2. The van der Waals surface area contributed by atoms with Gasteiger partial charge in [-0.2, -0.15) is 0 Å². The van der Waals surface area contributed by atoms with Gasteiger partial charge in [0.2, 0.25) is 0 Å². The van der Waals surface area contributed by atoms with Crippen molar-refractivity contribution in [2.45, 2.75) is 5.88 Å². The van der Waals surface area contributed by atoms with E-state index in [-0.39, 0.29) is 0 Å². The van der Waals surface area contributed by atoms with Gasteiger partial charge in [0, 0.05) is 10.0 Å². The molecule has 4 heteroatoms. The number of aromatic nitrogens is 1. The first-order chi connectivity index (χ1) is 6.83. The van der Waals surface area contributed by atoms with Crippen molar-refractivity contribution in [1.82, 2.24) is 4.98 Å². The van der Waals surface area contributed by atoms with Crippen LogP contribution in [0.3, 0.4) is 0 Å². The third-order valence-electron chi connectivity index (χ3n) is 1.89. The number of oxazole rings is 1. The number of benzene rings is 1. The number of halogens is 2. The standard InChI is InChI=1S/C10H7BrClNO/c11-8-4-2-1-3-7(8)10-9(5-12)13-6-14-10/h1-4,6H,5H2. The minimum Gasteiger partial charge on any atom is -0.443 e. The Bertz CT molecular complexity index is 441. The summed E-state index contributed by atoms with van der Waals surface area (Å²) in [7, 11) is 0. The minimum atomic E-state index is 0.354. The molecule has 0 aliphatic rings. The molecule has 0 fully saturated rings. The molecule has 0 amide bonds. The smallest absolute Gasteiger partial charge is 0.181 e. The molecule has 1 aromatic carbocycles. The SMILES string of the molecule is ClCc1ncoc1-c1ccccc1Br. The lowest BCUT2D eigenvalue weighted by Crippen LogP contribution is -1.83. The van der Waals surface area contributed by atoms with Gasteiger partial charge in [0.25, 0.3) is 0 Å². The van der Waals surface area contributed by atoms with E-state index >= 15 is 0 Å². The molecule has 1 heterocycles. The largest absolute Gasteiger partial charge is 0.443 e. The van der Waals surface area contributed by atoms with E-state index in [1.165, 1.54) is 6.39 Å². The molecular formula is C10H7BrClNO. The lowest BCUT2D eigenvalue weighted by Gasteiger charge is -2.00. The van der Waals surface area contributed by atoms with Crippen molar-refractivity contribution < 1.29 is 4.42 Å². The molecule has 14 heavy (non-hydrogen) atoms. The molecule has 72 valence electrons. The maximum atomic E-state index is 5.74. The average Bonchev–Trinajstić information content (AvgIpc) is 2.66. The van der Waals surface area contributed by atoms with Crippen molar-refractivity contribution in [3.05, 3.63) is 40.8 Å². The second kappa shape index (κ2) is 4.15. The van der Waals surface area contributed by atoms with Gasteiger partial charge in [-0.1, -0.05) is 34.1 Å². The maximum Gasteiger partial charge on any atom is 0.181 e. The average molecular weight is 273 g/mol. The van der Waals surface area contributed by atoms with Gasteiger partial charge in [-0.05, 0) is 6.07 Å². The molecule has 0 saturated carbocycles. The number of hydrogen-bond acceptors (Lipinski definition) is 2. The Morgan fingerprint density at radius 2 is 2.14 bits per heavy atom. The zero-order valence-corrected chi connectivity index (χ0v) is 9.55. The molecule has 0 bridgehead atoms. The fourth-order valence-electron chi connectivity index (χ4n) is 1.23. The van der Waals surface area contributed by atoms with Crippen LogP contribution in [0.1, 0.15) is 5.69 Å². The molecular weight excluding hydrogens is 265 g/mol. The Balaban J connectivity index is 2.54. The van der Waals surface area contributed by atoms with Crippen LogP contribution in [-0.2, 0) is 5.88 Å². The molecule has 2 aromatic rings. The Morgan fingerprint density at radius 1 is 1.36 bits per heavy atom. The van der Waals surface area contributed by atoms with E-state index in [9.17, 15) is 0 Å². The van der Waals surface area contributed by atoms with Gasteiger partial charge in [0.05, 0.1) is 5.88 Å². The van der Waals surface area contributed by atoms with Crippen LogP contribution < -0.4 is 0 Å². The number of alkyl halides is 1. The fraction of sp³-hybridized carbons (Fsp3) is 0.100. The van der Waals surface area contributed by atoms with Gasteiger partial charge < -0.3 is 4.42 Å². The summed E-state index contributed by atoms with van der Waals surface area (Å²) in [6.45, 7) is 0. The summed E-state index contributed by atoms with van der Waals surface area (Å²) in [5, 5.41) is 0. The van der Waals surface area contributed by atoms with Gasteiger partial charge in [-0.25, -0.2) is 4.98 Å². The van der Waals surface area contributed by atoms with Gasteiger partial charge in [-0.3, -0.25) is 0 Å². The molecule has 0 unspecified atom stereocenters. The Labute approximate surface area is 95.0 Å². The van der Waals surface area contributed by atoms with Crippen molar-refractivity contribution in [1.29, 1.82) is 0 Å². The van der Waals surface area contributed by atoms with Crippen molar-refractivity contribution in [2.75, 3.05) is 0 Å². The highest BCUT2D eigenvalue weighted by Gasteiger charge is 2.11. The summed E-state index contributed by atoms with van der Waals surface area (Å²) in [6, 6.07) is 7.81. The summed E-state index contributed by atoms with van der Waals surface area (Å²) in [4.78, 5) is 4.03. The van der Waals surface area contributed by atoms with Crippen LogP contribution in [0.5, 0.6) is 0 Å². The van der Waals surface area contributed by atoms with Crippen LogP contribution in [0.4, 0.5) is 0 Å². The molecule has 0 radical (unpaired) electrons. The summed E-state index contributed by atoms with van der Waals surface area (Å²) in [5.74, 6) is 1.08. The quantitative estimate of drug-likeness (QED) is 0.776. The summed E-state index contributed by atoms with van der Waals surface area (Å²) < 4.78 is 6.27. The van der Waals surface area contributed by atoms with Crippen LogP contribution in [0.25, 0.3) is 11.3 Å². The van der Waals surface area contributed by atoms with Crippen LogP contribution in [0.15, 0.2) is 39.5 Å². The predicted octanol–water partition coefficient (Wildman–Crippen LogP) is 3.84. The van der Waals surface area contributed by atoms with E-state index in [1.807, 2.05) is 24.3 Å². The number of nitrogens with zero attached hydrogens (tertiary/aromatic N) is 1. The first-order valence-electron chi connectivity index (χ1n) is 4.06. The topological polar surface area (TPSA) is 26.0 Å². The molecule has 0 aliphatic carbocycles. The second-order valence-electron chi connectivity index (χ2n) is 2.74. The zero-order chi connectivity index (χ0) is 9.97. The van der Waals surface area contributed by atoms with Crippen molar-refractivity contribution in [3.8, 4) is 11.3 Å². The third kappa shape index (κ3) is 1.70. The van der Waals surface area contributed by atoms with Crippen LogP contribution >= 0.6 is 27.5 Å². The number of hydrogen-bond donors (Lipinski definition) is 0. The molecule has 0 N–H and O–H groups in total. The van der Waals surface area contributed by atoms with Gasteiger partial charge >= 0.3 is 0 Å². The molecule has 1 aromatic heterocycles. The highest BCUT2D eigenvalue weighted by Crippen LogP contribution is 2.30. The van der Waals surface area contributed by atoms with E-state index < -0.39 is 0 Å². The third-order valence-corrected chi connectivity index (χ3v) is 2.83.